The molecule has 0 spiro atoms. The van der Waals surface area contributed by atoms with E-state index in [0.29, 0.717) is 21.9 Å². The first kappa shape index (κ1) is 12.9. The van der Waals surface area contributed by atoms with Crippen molar-refractivity contribution in [3.63, 3.8) is 0 Å². The van der Waals surface area contributed by atoms with E-state index in [1.807, 2.05) is 4.57 Å². The molecule has 1 heterocycles. The zero-order valence-electron chi connectivity index (χ0n) is 10.7. The fraction of sp³-hybridized carbons (Fsp3) is 0.500. The standard InChI is InChI=1S/C14H17BrFN3/c15-10-6-13-12(7-11(10)16)18-14(17)19(13)8-9-4-2-1-3-5-9/h6-7,9H,1-5,8H2,(H2,17,18). The number of imidazole rings is 1. The molecule has 5 heteroatoms. The zero-order chi connectivity index (χ0) is 13.4. The lowest BCUT2D eigenvalue weighted by Gasteiger charge is -2.22. The lowest BCUT2D eigenvalue weighted by atomic mass is 9.89. The van der Waals surface area contributed by atoms with Gasteiger partial charge in [0.1, 0.15) is 5.82 Å². The summed E-state index contributed by atoms with van der Waals surface area (Å²) in [6.07, 6.45) is 6.45. The van der Waals surface area contributed by atoms with E-state index in [0.717, 1.165) is 12.1 Å². The third kappa shape index (κ3) is 2.48. The van der Waals surface area contributed by atoms with Crippen LogP contribution in [-0.2, 0) is 6.54 Å². The Morgan fingerprint density at radius 2 is 2.05 bits per heavy atom. The largest absolute Gasteiger partial charge is 0.369 e. The van der Waals surface area contributed by atoms with E-state index in [9.17, 15) is 4.39 Å². The monoisotopic (exact) mass is 325 g/mol. The van der Waals surface area contributed by atoms with Crippen LogP contribution in [0.15, 0.2) is 16.6 Å². The van der Waals surface area contributed by atoms with E-state index in [1.54, 1.807) is 6.07 Å². The van der Waals surface area contributed by atoms with Crippen LogP contribution < -0.4 is 5.73 Å². The number of fused-ring (bicyclic) bond motifs is 1. The first-order valence-corrected chi connectivity index (χ1v) is 7.55. The highest BCUT2D eigenvalue weighted by atomic mass is 79.9. The Morgan fingerprint density at radius 3 is 2.79 bits per heavy atom. The number of nitrogens with zero attached hydrogens (tertiary/aromatic N) is 2. The molecule has 0 saturated heterocycles. The Bertz CT molecular complexity index is 602. The summed E-state index contributed by atoms with van der Waals surface area (Å²) in [4.78, 5) is 4.26. The van der Waals surface area contributed by atoms with E-state index < -0.39 is 0 Å². The van der Waals surface area contributed by atoms with Crippen LogP contribution in [-0.4, -0.2) is 9.55 Å². The quantitative estimate of drug-likeness (QED) is 0.903. The van der Waals surface area contributed by atoms with Crippen LogP contribution in [0.4, 0.5) is 10.3 Å². The van der Waals surface area contributed by atoms with Gasteiger partial charge in [-0.25, -0.2) is 9.37 Å². The van der Waals surface area contributed by atoms with Crippen molar-refractivity contribution in [1.82, 2.24) is 9.55 Å². The van der Waals surface area contributed by atoms with Gasteiger partial charge in [-0.15, -0.1) is 0 Å². The molecule has 19 heavy (non-hydrogen) atoms. The van der Waals surface area contributed by atoms with Crippen molar-refractivity contribution in [3.05, 3.63) is 22.4 Å². The molecule has 3 nitrogen and oxygen atoms in total. The van der Waals surface area contributed by atoms with Crippen molar-refractivity contribution in [2.75, 3.05) is 5.73 Å². The third-order valence-electron chi connectivity index (χ3n) is 3.99. The van der Waals surface area contributed by atoms with Crippen LogP contribution in [0.25, 0.3) is 11.0 Å². The summed E-state index contributed by atoms with van der Waals surface area (Å²) in [6.45, 7) is 0.889. The van der Waals surface area contributed by atoms with Gasteiger partial charge in [-0.05, 0) is 40.8 Å². The van der Waals surface area contributed by atoms with Crippen LogP contribution in [0.2, 0.25) is 0 Å². The fourth-order valence-corrected chi connectivity index (χ4v) is 3.29. The Morgan fingerprint density at radius 1 is 1.32 bits per heavy atom. The summed E-state index contributed by atoms with van der Waals surface area (Å²) in [5, 5.41) is 0. The minimum Gasteiger partial charge on any atom is -0.369 e. The highest BCUT2D eigenvalue weighted by molar-refractivity contribution is 9.10. The van der Waals surface area contributed by atoms with Gasteiger partial charge in [0.05, 0.1) is 15.5 Å². The Labute approximate surface area is 120 Å². The lowest BCUT2D eigenvalue weighted by Crippen LogP contribution is -2.15. The van der Waals surface area contributed by atoms with Crippen molar-refractivity contribution < 1.29 is 4.39 Å². The summed E-state index contributed by atoms with van der Waals surface area (Å²) < 4.78 is 16.0. The minimum absolute atomic E-state index is 0.296. The highest BCUT2D eigenvalue weighted by Gasteiger charge is 2.18. The molecular weight excluding hydrogens is 309 g/mol. The first-order chi connectivity index (χ1) is 9.15. The normalized spacial score (nSPS) is 17.2. The maximum atomic E-state index is 13.5. The van der Waals surface area contributed by atoms with Crippen molar-refractivity contribution >= 4 is 32.9 Å². The average Bonchev–Trinajstić information content (AvgIpc) is 2.68. The summed E-state index contributed by atoms with van der Waals surface area (Å²) in [7, 11) is 0. The Hall–Kier alpha value is -1.10. The summed E-state index contributed by atoms with van der Waals surface area (Å²) in [5.41, 5.74) is 7.53. The molecule has 0 unspecified atom stereocenters. The van der Waals surface area contributed by atoms with Gasteiger partial charge in [0.2, 0.25) is 5.95 Å². The van der Waals surface area contributed by atoms with Gasteiger partial charge in [-0.3, -0.25) is 0 Å². The number of nitrogen functional groups attached to an aromatic ring is 1. The van der Waals surface area contributed by atoms with Gasteiger partial charge >= 0.3 is 0 Å². The zero-order valence-corrected chi connectivity index (χ0v) is 12.3. The van der Waals surface area contributed by atoms with Crippen LogP contribution in [0, 0.1) is 11.7 Å². The van der Waals surface area contributed by atoms with Gasteiger partial charge in [0, 0.05) is 12.6 Å². The van der Waals surface area contributed by atoms with Gasteiger partial charge in [0.15, 0.2) is 0 Å². The molecule has 0 amide bonds. The molecule has 2 N–H and O–H groups in total. The van der Waals surface area contributed by atoms with Crippen molar-refractivity contribution in [2.24, 2.45) is 5.92 Å². The maximum Gasteiger partial charge on any atom is 0.201 e. The molecule has 0 radical (unpaired) electrons. The molecule has 1 saturated carbocycles. The molecule has 2 aromatic rings. The predicted molar refractivity (Wildman–Crippen MR) is 78.4 cm³/mol. The molecule has 1 fully saturated rings. The van der Waals surface area contributed by atoms with Gasteiger partial charge < -0.3 is 10.3 Å². The van der Waals surface area contributed by atoms with Crippen LogP contribution in [0.3, 0.4) is 0 Å². The molecule has 3 rings (SSSR count). The van der Waals surface area contributed by atoms with Crippen LogP contribution in [0.1, 0.15) is 32.1 Å². The second-order valence-corrected chi connectivity index (χ2v) is 6.19. The minimum atomic E-state index is -0.296. The van der Waals surface area contributed by atoms with Crippen molar-refractivity contribution in [3.8, 4) is 0 Å². The average molecular weight is 326 g/mol. The number of rotatable bonds is 2. The molecule has 1 aromatic carbocycles. The summed E-state index contributed by atoms with van der Waals surface area (Å²) >= 11 is 3.23. The third-order valence-corrected chi connectivity index (χ3v) is 4.59. The molecule has 1 aliphatic carbocycles. The second kappa shape index (κ2) is 5.12. The van der Waals surface area contributed by atoms with E-state index >= 15 is 0 Å². The van der Waals surface area contributed by atoms with Crippen molar-refractivity contribution in [2.45, 2.75) is 38.6 Å². The topological polar surface area (TPSA) is 43.8 Å². The molecule has 0 atom stereocenters. The second-order valence-electron chi connectivity index (χ2n) is 5.34. The van der Waals surface area contributed by atoms with Gasteiger partial charge in [0.25, 0.3) is 0 Å². The van der Waals surface area contributed by atoms with Gasteiger partial charge in [-0.1, -0.05) is 19.3 Å². The Kier molecular flexibility index (Phi) is 3.48. The smallest absolute Gasteiger partial charge is 0.201 e. The molecule has 1 aliphatic rings. The van der Waals surface area contributed by atoms with E-state index in [2.05, 4.69) is 20.9 Å². The number of anilines is 1. The number of halogens is 2. The molecule has 102 valence electrons. The van der Waals surface area contributed by atoms with Crippen LogP contribution in [0.5, 0.6) is 0 Å². The Balaban J connectivity index is 1.97. The van der Waals surface area contributed by atoms with E-state index in [-0.39, 0.29) is 5.82 Å². The number of hydrogen-bond acceptors (Lipinski definition) is 2. The lowest BCUT2D eigenvalue weighted by molar-refractivity contribution is 0.323. The summed E-state index contributed by atoms with van der Waals surface area (Å²) in [6, 6.07) is 3.21. The predicted octanol–water partition coefficient (Wildman–Crippen LogP) is 4.10. The molecular formula is C14H17BrFN3. The van der Waals surface area contributed by atoms with Gasteiger partial charge in [-0.2, -0.15) is 0 Å². The van der Waals surface area contributed by atoms with Crippen LogP contribution >= 0.6 is 15.9 Å². The fourth-order valence-electron chi connectivity index (χ4n) is 2.96. The number of hydrogen-bond donors (Lipinski definition) is 1. The number of aromatic nitrogens is 2. The van der Waals surface area contributed by atoms with E-state index in [1.165, 1.54) is 38.2 Å². The highest BCUT2D eigenvalue weighted by Crippen LogP contribution is 2.29. The maximum absolute atomic E-state index is 13.5. The number of benzene rings is 1. The molecule has 0 bridgehead atoms. The summed E-state index contributed by atoms with van der Waals surface area (Å²) in [5.74, 6) is 0.852. The molecule has 1 aromatic heterocycles. The number of nitrogens with two attached hydrogens (primary N) is 1. The molecule has 0 aliphatic heterocycles. The van der Waals surface area contributed by atoms with Crippen molar-refractivity contribution in [1.29, 1.82) is 0 Å². The van der Waals surface area contributed by atoms with E-state index in [4.69, 9.17) is 5.73 Å². The SMILES string of the molecule is Nc1nc2cc(F)c(Br)cc2n1CC1CCCCC1. The first-order valence-electron chi connectivity index (χ1n) is 6.76.